The normalized spacial score (nSPS) is 10.8. The van der Waals surface area contributed by atoms with E-state index in [4.69, 9.17) is 16.1 Å². The van der Waals surface area contributed by atoms with Crippen LogP contribution in [0.2, 0.25) is 5.02 Å². The molecule has 0 spiro atoms. The Labute approximate surface area is 111 Å². The Morgan fingerprint density at radius 2 is 2.06 bits per heavy atom. The average molecular weight is 266 g/mol. The molecule has 0 saturated heterocycles. The molecular weight excluding hydrogens is 250 g/mol. The van der Waals surface area contributed by atoms with E-state index in [-0.39, 0.29) is 0 Å². The van der Waals surface area contributed by atoms with Crippen molar-refractivity contribution in [1.29, 1.82) is 0 Å². The van der Waals surface area contributed by atoms with Crippen molar-refractivity contribution < 1.29 is 4.52 Å². The number of benzene rings is 1. The Kier molecular flexibility index (Phi) is 4.73. The quantitative estimate of drug-likeness (QED) is 0.816. The number of halogens is 1. The maximum absolute atomic E-state index is 5.83. The SMILES string of the molecule is CNCCCc1nc(Cc2ccc(Cl)cc2)no1. The summed E-state index contributed by atoms with van der Waals surface area (Å²) in [6.45, 7) is 0.953. The number of nitrogens with one attached hydrogen (secondary N) is 1. The van der Waals surface area contributed by atoms with Gasteiger partial charge in [-0.15, -0.1) is 0 Å². The topological polar surface area (TPSA) is 51.0 Å². The fraction of sp³-hybridized carbons (Fsp3) is 0.385. The molecule has 1 N–H and O–H groups in total. The molecule has 0 aliphatic rings. The van der Waals surface area contributed by atoms with Crippen molar-refractivity contribution in [3.63, 3.8) is 0 Å². The summed E-state index contributed by atoms with van der Waals surface area (Å²) < 4.78 is 5.19. The molecule has 1 aromatic carbocycles. The third-order valence-corrected chi connectivity index (χ3v) is 2.86. The molecule has 18 heavy (non-hydrogen) atoms. The van der Waals surface area contributed by atoms with Crippen LogP contribution in [0.1, 0.15) is 23.7 Å². The maximum atomic E-state index is 5.83. The van der Waals surface area contributed by atoms with Gasteiger partial charge in [0.05, 0.1) is 0 Å². The summed E-state index contributed by atoms with van der Waals surface area (Å²) in [6, 6.07) is 7.67. The van der Waals surface area contributed by atoms with Crippen LogP contribution in [0, 0.1) is 0 Å². The van der Waals surface area contributed by atoms with E-state index in [0.717, 1.165) is 35.8 Å². The van der Waals surface area contributed by atoms with Gasteiger partial charge in [-0.05, 0) is 37.7 Å². The monoisotopic (exact) mass is 265 g/mol. The van der Waals surface area contributed by atoms with Crippen LogP contribution in [0.25, 0.3) is 0 Å². The summed E-state index contributed by atoms with van der Waals surface area (Å²) in [5, 5.41) is 7.80. The van der Waals surface area contributed by atoms with Gasteiger partial charge in [0.25, 0.3) is 0 Å². The van der Waals surface area contributed by atoms with Crippen molar-refractivity contribution in [3.05, 3.63) is 46.6 Å². The predicted molar refractivity (Wildman–Crippen MR) is 70.8 cm³/mol. The zero-order chi connectivity index (χ0) is 12.8. The second-order valence-corrected chi connectivity index (χ2v) is 4.55. The van der Waals surface area contributed by atoms with Crippen molar-refractivity contribution in [1.82, 2.24) is 15.5 Å². The van der Waals surface area contributed by atoms with E-state index >= 15 is 0 Å². The molecule has 0 radical (unpaired) electrons. The van der Waals surface area contributed by atoms with Gasteiger partial charge in [-0.1, -0.05) is 28.9 Å². The van der Waals surface area contributed by atoms with Gasteiger partial charge in [-0.25, -0.2) is 0 Å². The van der Waals surface area contributed by atoms with Crippen LogP contribution >= 0.6 is 11.6 Å². The third-order valence-electron chi connectivity index (χ3n) is 2.60. The van der Waals surface area contributed by atoms with Crippen molar-refractivity contribution >= 4 is 11.6 Å². The minimum absolute atomic E-state index is 0.673. The minimum atomic E-state index is 0.673. The van der Waals surface area contributed by atoms with E-state index in [9.17, 15) is 0 Å². The molecule has 4 nitrogen and oxygen atoms in total. The zero-order valence-corrected chi connectivity index (χ0v) is 11.1. The van der Waals surface area contributed by atoms with Crippen molar-refractivity contribution in [2.75, 3.05) is 13.6 Å². The van der Waals surface area contributed by atoms with Gasteiger partial charge in [0, 0.05) is 17.9 Å². The lowest BCUT2D eigenvalue weighted by molar-refractivity contribution is 0.370. The Bertz CT molecular complexity index is 481. The first-order valence-corrected chi connectivity index (χ1v) is 6.36. The fourth-order valence-corrected chi connectivity index (χ4v) is 1.79. The van der Waals surface area contributed by atoms with Crippen molar-refractivity contribution in [2.45, 2.75) is 19.3 Å². The summed E-state index contributed by atoms with van der Waals surface area (Å²) in [5.41, 5.74) is 1.13. The Morgan fingerprint density at radius 3 is 2.78 bits per heavy atom. The maximum Gasteiger partial charge on any atom is 0.226 e. The number of nitrogens with zero attached hydrogens (tertiary/aromatic N) is 2. The summed E-state index contributed by atoms with van der Waals surface area (Å²) in [5.74, 6) is 1.42. The first-order chi connectivity index (χ1) is 8.78. The summed E-state index contributed by atoms with van der Waals surface area (Å²) in [4.78, 5) is 4.36. The molecule has 96 valence electrons. The van der Waals surface area contributed by atoms with E-state index < -0.39 is 0 Å². The van der Waals surface area contributed by atoms with Crippen molar-refractivity contribution in [2.24, 2.45) is 0 Å². The van der Waals surface area contributed by atoms with Gasteiger partial charge in [-0.3, -0.25) is 0 Å². The van der Waals surface area contributed by atoms with Crippen LogP contribution in [-0.4, -0.2) is 23.7 Å². The molecule has 0 amide bonds. The van der Waals surface area contributed by atoms with Crippen LogP contribution in [0.15, 0.2) is 28.8 Å². The lowest BCUT2D eigenvalue weighted by Crippen LogP contribution is -2.08. The second-order valence-electron chi connectivity index (χ2n) is 4.11. The highest BCUT2D eigenvalue weighted by Crippen LogP contribution is 2.12. The molecule has 2 aromatic rings. The van der Waals surface area contributed by atoms with Crippen molar-refractivity contribution in [3.8, 4) is 0 Å². The minimum Gasteiger partial charge on any atom is -0.339 e. The lowest BCUT2D eigenvalue weighted by Gasteiger charge is -1.96. The number of hydrogen-bond acceptors (Lipinski definition) is 4. The summed E-state index contributed by atoms with van der Waals surface area (Å²) in [6.07, 6.45) is 2.49. The van der Waals surface area contributed by atoms with Crippen LogP contribution < -0.4 is 5.32 Å². The van der Waals surface area contributed by atoms with Crippen LogP contribution in [0.4, 0.5) is 0 Å². The first-order valence-electron chi connectivity index (χ1n) is 5.98. The molecule has 2 rings (SSSR count). The Hall–Kier alpha value is -1.39. The van der Waals surface area contributed by atoms with Gasteiger partial charge < -0.3 is 9.84 Å². The number of aromatic nitrogens is 2. The van der Waals surface area contributed by atoms with Crippen LogP contribution in [0.5, 0.6) is 0 Å². The number of hydrogen-bond donors (Lipinski definition) is 1. The highest BCUT2D eigenvalue weighted by atomic mass is 35.5. The van der Waals surface area contributed by atoms with E-state index in [1.807, 2.05) is 31.3 Å². The molecule has 0 aliphatic heterocycles. The molecule has 5 heteroatoms. The predicted octanol–water partition coefficient (Wildman–Crippen LogP) is 2.47. The van der Waals surface area contributed by atoms with Gasteiger partial charge in [0.2, 0.25) is 5.89 Å². The summed E-state index contributed by atoms with van der Waals surface area (Å²) >= 11 is 5.83. The van der Waals surface area contributed by atoms with Crippen LogP contribution in [-0.2, 0) is 12.8 Å². The molecule has 0 atom stereocenters. The van der Waals surface area contributed by atoms with E-state index in [2.05, 4.69) is 15.5 Å². The third kappa shape index (κ3) is 3.82. The molecular formula is C13H16ClN3O. The van der Waals surface area contributed by atoms with E-state index in [0.29, 0.717) is 12.3 Å². The van der Waals surface area contributed by atoms with Gasteiger partial charge in [0.1, 0.15) is 0 Å². The molecule has 0 aliphatic carbocycles. The lowest BCUT2D eigenvalue weighted by atomic mass is 10.1. The smallest absolute Gasteiger partial charge is 0.226 e. The molecule has 0 bridgehead atoms. The molecule has 0 fully saturated rings. The summed E-state index contributed by atoms with van der Waals surface area (Å²) in [7, 11) is 1.93. The first kappa shape index (κ1) is 13.1. The standard InChI is InChI=1S/C13H16ClN3O/c1-15-8-2-3-13-16-12(17-18-13)9-10-4-6-11(14)7-5-10/h4-7,15H,2-3,8-9H2,1H3. The van der Waals surface area contributed by atoms with E-state index in [1.54, 1.807) is 0 Å². The fourth-order valence-electron chi connectivity index (χ4n) is 1.66. The zero-order valence-electron chi connectivity index (χ0n) is 10.3. The Morgan fingerprint density at radius 1 is 1.28 bits per heavy atom. The largest absolute Gasteiger partial charge is 0.339 e. The Balaban J connectivity index is 1.91. The second kappa shape index (κ2) is 6.52. The highest BCUT2D eigenvalue weighted by molar-refractivity contribution is 6.30. The molecule has 0 saturated carbocycles. The van der Waals surface area contributed by atoms with Gasteiger partial charge in [-0.2, -0.15) is 4.98 Å². The number of rotatable bonds is 6. The molecule has 1 heterocycles. The van der Waals surface area contributed by atoms with Crippen LogP contribution in [0.3, 0.4) is 0 Å². The highest BCUT2D eigenvalue weighted by Gasteiger charge is 2.06. The van der Waals surface area contributed by atoms with Gasteiger partial charge >= 0.3 is 0 Å². The molecule has 1 aromatic heterocycles. The average Bonchev–Trinajstić information content (AvgIpc) is 2.80. The van der Waals surface area contributed by atoms with Gasteiger partial charge in [0.15, 0.2) is 5.82 Å². The van der Waals surface area contributed by atoms with E-state index in [1.165, 1.54) is 0 Å². The number of aryl methyl sites for hydroxylation is 1. The molecule has 0 unspecified atom stereocenters.